The van der Waals surface area contributed by atoms with Crippen LogP contribution in [0.25, 0.3) is 0 Å². The van der Waals surface area contributed by atoms with E-state index in [-0.39, 0.29) is 18.1 Å². The first kappa shape index (κ1) is 15.4. The zero-order chi connectivity index (χ0) is 15.2. The Hall–Kier alpha value is -1.96. The van der Waals surface area contributed by atoms with Gasteiger partial charge in [0.1, 0.15) is 18.9 Å². The average Bonchev–Trinajstić information content (AvgIpc) is 2.87. The first-order valence-corrected chi connectivity index (χ1v) is 7.16. The monoisotopic (exact) mass is 295 g/mol. The Morgan fingerprint density at radius 1 is 1.62 bits per heavy atom. The Morgan fingerprint density at radius 3 is 3.10 bits per heavy atom. The van der Waals surface area contributed by atoms with Gasteiger partial charge < -0.3 is 10.2 Å². The van der Waals surface area contributed by atoms with E-state index in [1.54, 1.807) is 0 Å². The highest BCUT2D eigenvalue weighted by Crippen LogP contribution is 2.17. The van der Waals surface area contributed by atoms with Crippen molar-refractivity contribution in [2.24, 2.45) is 5.92 Å². The summed E-state index contributed by atoms with van der Waals surface area (Å²) in [7, 11) is 2.12. The lowest BCUT2D eigenvalue weighted by Crippen LogP contribution is -2.35. The molecule has 0 saturated carbocycles. The normalized spacial score (nSPS) is 19.4. The molecule has 1 atom stereocenters. The zero-order valence-corrected chi connectivity index (χ0v) is 12.2. The summed E-state index contributed by atoms with van der Waals surface area (Å²) in [6.07, 6.45) is 5.80. The number of nitro groups is 1. The largest absolute Gasteiger partial charge is 0.354 e. The number of piperidine rings is 1. The fourth-order valence-electron chi connectivity index (χ4n) is 2.66. The molecule has 1 amide bonds. The predicted molar refractivity (Wildman–Crippen MR) is 76.7 cm³/mol. The van der Waals surface area contributed by atoms with E-state index >= 15 is 0 Å². The molecule has 0 aromatic carbocycles. The van der Waals surface area contributed by atoms with Crippen LogP contribution >= 0.6 is 0 Å². The van der Waals surface area contributed by atoms with Crippen molar-refractivity contribution in [1.29, 1.82) is 0 Å². The van der Waals surface area contributed by atoms with Crippen LogP contribution in [-0.2, 0) is 11.3 Å². The van der Waals surface area contributed by atoms with Gasteiger partial charge >= 0.3 is 5.69 Å². The summed E-state index contributed by atoms with van der Waals surface area (Å²) in [6.45, 7) is 2.89. The molecule has 8 heteroatoms. The van der Waals surface area contributed by atoms with E-state index in [0.717, 1.165) is 25.7 Å². The third kappa shape index (κ3) is 4.82. The van der Waals surface area contributed by atoms with E-state index in [1.165, 1.54) is 23.7 Å². The van der Waals surface area contributed by atoms with Crippen molar-refractivity contribution in [1.82, 2.24) is 20.0 Å². The molecule has 0 radical (unpaired) electrons. The molecule has 8 nitrogen and oxygen atoms in total. The number of hydrogen-bond donors (Lipinski definition) is 1. The highest BCUT2D eigenvalue weighted by atomic mass is 16.6. The van der Waals surface area contributed by atoms with Crippen molar-refractivity contribution in [3.63, 3.8) is 0 Å². The van der Waals surface area contributed by atoms with Crippen LogP contribution in [-0.4, -0.2) is 52.2 Å². The number of nitrogens with zero attached hydrogens (tertiary/aromatic N) is 4. The quantitative estimate of drug-likeness (QED) is 0.614. The van der Waals surface area contributed by atoms with Gasteiger partial charge in [-0.1, -0.05) is 0 Å². The maximum absolute atomic E-state index is 11.7. The van der Waals surface area contributed by atoms with Gasteiger partial charge in [0.2, 0.25) is 5.91 Å². The Morgan fingerprint density at radius 2 is 2.43 bits per heavy atom. The molecule has 1 aromatic heterocycles. The summed E-state index contributed by atoms with van der Waals surface area (Å²) in [4.78, 5) is 24.1. The summed E-state index contributed by atoms with van der Waals surface area (Å²) < 4.78 is 1.28. The number of aromatic nitrogens is 2. The fraction of sp³-hybridized carbons (Fsp3) is 0.692. The number of carbonyl (C=O) groups is 1. The van der Waals surface area contributed by atoms with E-state index in [4.69, 9.17) is 0 Å². The molecule has 0 bridgehead atoms. The number of amides is 1. The number of carbonyl (C=O) groups excluding carboxylic acids is 1. The van der Waals surface area contributed by atoms with E-state index in [9.17, 15) is 14.9 Å². The maximum Gasteiger partial charge on any atom is 0.307 e. The first-order chi connectivity index (χ1) is 10.0. The number of rotatable bonds is 6. The van der Waals surface area contributed by atoms with Gasteiger partial charge in [0, 0.05) is 13.1 Å². The SMILES string of the molecule is CN1CCC[C@H](CCNC(=O)Cn2cc([N+](=O)[O-])cn2)C1. The molecular weight excluding hydrogens is 274 g/mol. The first-order valence-electron chi connectivity index (χ1n) is 7.16. The Labute approximate surface area is 123 Å². The van der Waals surface area contributed by atoms with Crippen LogP contribution in [0.2, 0.25) is 0 Å². The molecule has 0 unspecified atom stereocenters. The van der Waals surface area contributed by atoms with Crippen LogP contribution in [0.3, 0.4) is 0 Å². The van der Waals surface area contributed by atoms with Crippen molar-refractivity contribution < 1.29 is 9.72 Å². The van der Waals surface area contributed by atoms with E-state index < -0.39 is 4.92 Å². The summed E-state index contributed by atoms with van der Waals surface area (Å²) >= 11 is 0. The zero-order valence-electron chi connectivity index (χ0n) is 12.2. The molecule has 1 aromatic rings. The molecule has 0 spiro atoms. The average molecular weight is 295 g/mol. The minimum absolute atomic E-state index is 0.0123. The van der Waals surface area contributed by atoms with Crippen LogP contribution in [0.5, 0.6) is 0 Å². The van der Waals surface area contributed by atoms with Gasteiger partial charge in [0.15, 0.2) is 0 Å². The van der Waals surface area contributed by atoms with Crippen molar-refractivity contribution in [2.45, 2.75) is 25.8 Å². The molecule has 116 valence electrons. The van der Waals surface area contributed by atoms with Gasteiger partial charge in [0.05, 0.1) is 4.92 Å². The third-order valence-corrected chi connectivity index (χ3v) is 3.73. The van der Waals surface area contributed by atoms with Crippen LogP contribution in [0.4, 0.5) is 5.69 Å². The standard InChI is InChI=1S/C13H21N5O3/c1-16-6-2-3-11(8-16)4-5-14-13(19)10-17-9-12(7-15-17)18(20)21/h7,9,11H,2-6,8,10H2,1H3,(H,14,19)/t11-/m1/s1. The summed E-state index contributed by atoms with van der Waals surface area (Å²) in [5, 5.41) is 17.2. The topological polar surface area (TPSA) is 93.3 Å². The minimum atomic E-state index is -0.527. The number of likely N-dealkylation sites (tertiary alicyclic amines) is 1. The lowest BCUT2D eigenvalue weighted by atomic mass is 9.95. The summed E-state index contributed by atoms with van der Waals surface area (Å²) in [5.74, 6) is 0.465. The van der Waals surface area contributed by atoms with Gasteiger partial charge in [-0.3, -0.25) is 19.6 Å². The smallest absolute Gasteiger partial charge is 0.307 e. The van der Waals surface area contributed by atoms with Crippen LogP contribution in [0.15, 0.2) is 12.4 Å². The van der Waals surface area contributed by atoms with Gasteiger partial charge in [-0.05, 0) is 38.8 Å². The molecule has 2 heterocycles. The minimum Gasteiger partial charge on any atom is -0.354 e. The molecule has 1 N–H and O–H groups in total. The second-order valence-corrected chi connectivity index (χ2v) is 5.56. The van der Waals surface area contributed by atoms with Gasteiger partial charge in [-0.25, -0.2) is 0 Å². The van der Waals surface area contributed by atoms with Crippen LogP contribution < -0.4 is 5.32 Å². The number of hydrogen-bond acceptors (Lipinski definition) is 5. The molecule has 1 fully saturated rings. The van der Waals surface area contributed by atoms with Crippen molar-refractivity contribution in [3.8, 4) is 0 Å². The second kappa shape index (κ2) is 7.16. The fourth-order valence-corrected chi connectivity index (χ4v) is 2.66. The summed E-state index contributed by atoms with van der Waals surface area (Å²) in [5.41, 5.74) is -0.104. The Kier molecular flexibility index (Phi) is 5.26. The number of nitrogens with one attached hydrogen (secondary N) is 1. The highest BCUT2D eigenvalue weighted by molar-refractivity contribution is 5.75. The maximum atomic E-state index is 11.7. The van der Waals surface area contributed by atoms with Crippen LogP contribution in [0.1, 0.15) is 19.3 Å². The van der Waals surface area contributed by atoms with Crippen molar-refractivity contribution in [2.75, 3.05) is 26.7 Å². The summed E-state index contributed by atoms with van der Waals surface area (Å²) in [6, 6.07) is 0. The molecule has 2 rings (SSSR count). The van der Waals surface area contributed by atoms with Gasteiger partial charge in [0.25, 0.3) is 0 Å². The van der Waals surface area contributed by atoms with Gasteiger partial charge in [-0.15, -0.1) is 0 Å². The molecule has 0 aliphatic carbocycles. The molecule has 1 aliphatic rings. The lowest BCUT2D eigenvalue weighted by molar-refractivity contribution is -0.385. The van der Waals surface area contributed by atoms with E-state index in [1.807, 2.05) is 0 Å². The van der Waals surface area contributed by atoms with E-state index in [2.05, 4.69) is 22.4 Å². The van der Waals surface area contributed by atoms with Gasteiger partial charge in [-0.2, -0.15) is 5.10 Å². The highest BCUT2D eigenvalue weighted by Gasteiger charge is 2.17. The third-order valence-electron chi connectivity index (χ3n) is 3.73. The predicted octanol–water partition coefficient (Wildman–Crippen LogP) is 0.639. The molecular formula is C13H21N5O3. The second-order valence-electron chi connectivity index (χ2n) is 5.56. The Bertz CT molecular complexity index is 502. The van der Waals surface area contributed by atoms with Crippen LogP contribution in [0, 0.1) is 16.0 Å². The molecule has 1 aliphatic heterocycles. The lowest BCUT2D eigenvalue weighted by Gasteiger charge is -2.29. The van der Waals surface area contributed by atoms with Crippen molar-refractivity contribution >= 4 is 11.6 Å². The Balaban J connectivity index is 1.68. The van der Waals surface area contributed by atoms with E-state index in [0.29, 0.717) is 12.5 Å². The van der Waals surface area contributed by atoms with Crippen molar-refractivity contribution in [3.05, 3.63) is 22.5 Å². The molecule has 21 heavy (non-hydrogen) atoms. The molecule has 1 saturated heterocycles.